The number of rotatable bonds is 6. The summed E-state index contributed by atoms with van der Waals surface area (Å²) in [4.78, 5) is 26.1. The predicted octanol–water partition coefficient (Wildman–Crippen LogP) is 4.84. The number of ether oxygens (including phenoxy) is 1. The molecule has 6 fully saturated rings. The lowest BCUT2D eigenvalue weighted by Gasteiger charge is -2.38. The Balaban J connectivity index is 1.24. The van der Waals surface area contributed by atoms with Crippen molar-refractivity contribution >= 4 is 11.9 Å². The van der Waals surface area contributed by atoms with Crippen LogP contribution in [0.1, 0.15) is 80.1 Å². The largest absolute Gasteiger partial charge is 0.493 e. The van der Waals surface area contributed by atoms with E-state index in [4.69, 9.17) is 4.74 Å². The molecule has 4 atom stereocenters. The Morgan fingerprint density at radius 2 is 1.88 bits per heavy atom. The first-order valence-corrected chi connectivity index (χ1v) is 12.3. The molecule has 172 valence electrons. The van der Waals surface area contributed by atoms with Crippen molar-refractivity contribution < 1.29 is 23.8 Å². The summed E-state index contributed by atoms with van der Waals surface area (Å²) >= 11 is 0. The molecule has 1 amide bonds. The highest BCUT2D eigenvalue weighted by Crippen LogP contribution is 2.64. The Labute approximate surface area is 188 Å². The fraction of sp³-hybridized carbons (Fsp3) is 0.692. The lowest BCUT2D eigenvalue weighted by Crippen LogP contribution is -2.40. The van der Waals surface area contributed by atoms with Gasteiger partial charge >= 0.3 is 5.97 Å². The quantitative estimate of drug-likeness (QED) is 0.686. The minimum absolute atomic E-state index is 0.0161. The highest BCUT2D eigenvalue weighted by Gasteiger charge is 2.56. The van der Waals surface area contributed by atoms with Gasteiger partial charge in [-0.15, -0.1) is 0 Å². The van der Waals surface area contributed by atoms with Crippen molar-refractivity contribution in [3.63, 3.8) is 0 Å². The van der Waals surface area contributed by atoms with E-state index in [1.807, 2.05) is 6.92 Å². The van der Waals surface area contributed by atoms with E-state index in [-0.39, 0.29) is 16.9 Å². The van der Waals surface area contributed by atoms with Gasteiger partial charge in [0.15, 0.2) is 0 Å². The van der Waals surface area contributed by atoms with Crippen LogP contribution in [0.5, 0.6) is 5.75 Å². The number of carboxylic acids is 1. The molecule has 0 radical (unpaired) electrons. The zero-order valence-electron chi connectivity index (χ0n) is 18.7. The number of aliphatic carboxylic acids is 1. The number of amides is 1. The minimum atomic E-state index is -1.02. The van der Waals surface area contributed by atoms with Crippen LogP contribution in [0.15, 0.2) is 12.1 Å². The van der Waals surface area contributed by atoms with Gasteiger partial charge in [-0.2, -0.15) is 0 Å². The van der Waals surface area contributed by atoms with E-state index in [0.717, 1.165) is 36.2 Å². The number of halogens is 1. The lowest BCUT2D eigenvalue weighted by molar-refractivity contribution is -0.141. The number of hydrogen-bond donors (Lipinski definition) is 1. The van der Waals surface area contributed by atoms with Gasteiger partial charge in [0.05, 0.1) is 12.2 Å². The Morgan fingerprint density at radius 3 is 2.50 bits per heavy atom. The second-order valence-electron chi connectivity index (χ2n) is 11.6. The molecule has 1 saturated heterocycles. The predicted molar refractivity (Wildman–Crippen MR) is 116 cm³/mol. The Bertz CT molecular complexity index is 953. The molecule has 1 N–H and O–H groups in total. The second kappa shape index (κ2) is 7.19. The van der Waals surface area contributed by atoms with Crippen LogP contribution in [0.3, 0.4) is 0 Å². The summed E-state index contributed by atoms with van der Waals surface area (Å²) in [6.45, 7) is 2.92. The molecule has 1 aromatic rings. The highest BCUT2D eigenvalue weighted by molar-refractivity contribution is 5.97. The molecule has 0 aromatic heterocycles. The van der Waals surface area contributed by atoms with Gasteiger partial charge < -0.3 is 14.7 Å². The molecule has 32 heavy (non-hydrogen) atoms. The molecule has 1 aliphatic heterocycles. The average Bonchev–Trinajstić information content (AvgIpc) is 3.39. The fourth-order valence-corrected chi connectivity index (χ4v) is 7.62. The van der Waals surface area contributed by atoms with Crippen LogP contribution < -0.4 is 4.74 Å². The number of carbonyl (C=O) groups excluding carboxylic acids is 1. The van der Waals surface area contributed by atoms with E-state index in [0.29, 0.717) is 31.2 Å². The molecule has 5 nitrogen and oxygen atoms in total. The van der Waals surface area contributed by atoms with Crippen molar-refractivity contribution in [1.82, 2.24) is 4.90 Å². The maximum atomic E-state index is 15.2. The number of hydrogen-bond acceptors (Lipinski definition) is 3. The summed E-state index contributed by atoms with van der Waals surface area (Å²) in [6, 6.07) is 2.16. The molecule has 7 rings (SSSR count). The summed E-state index contributed by atoms with van der Waals surface area (Å²) in [5, 5.41) is 9.52. The highest BCUT2D eigenvalue weighted by atomic mass is 19.1. The van der Waals surface area contributed by atoms with Gasteiger partial charge in [-0.3, -0.25) is 4.79 Å². The van der Waals surface area contributed by atoms with Gasteiger partial charge in [0.1, 0.15) is 17.6 Å². The van der Waals surface area contributed by atoms with Gasteiger partial charge in [0.2, 0.25) is 0 Å². The Morgan fingerprint density at radius 1 is 1.16 bits per heavy atom. The maximum Gasteiger partial charge on any atom is 0.326 e. The summed E-state index contributed by atoms with van der Waals surface area (Å²) < 4.78 is 21.5. The monoisotopic (exact) mass is 441 g/mol. The molecular weight excluding hydrogens is 409 g/mol. The van der Waals surface area contributed by atoms with Crippen molar-refractivity contribution in [2.24, 2.45) is 29.1 Å². The van der Waals surface area contributed by atoms with Crippen LogP contribution in [-0.2, 0) is 4.79 Å². The van der Waals surface area contributed by atoms with E-state index in [1.165, 1.54) is 43.1 Å². The first kappa shape index (κ1) is 20.5. The van der Waals surface area contributed by atoms with Crippen molar-refractivity contribution in [1.29, 1.82) is 0 Å². The summed E-state index contributed by atoms with van der Waals surface area (Å²) in [5.74, 6) is 1.41. The molecule has 4 bridgehead atoms. The topological polar surface area (TPSA) is 66.8 Å². The third kappa shape index (κ3) is 3.32. The minimum Gasteiger partial charge on any atom is -0.493 e. The summed E-state index contributed by atoms with van der Waals surface area (Å²) in [7, 11) is 0. The van der Waals surface area contributed by atoms with Gasteiger partial charge in [-0.25, -0.2) is 9.18 Å². The SMILES string of the molecule is C[C@H]1C[C@@H](C(=O)O)N(C(=O)c2cc(C3CC3)c(OCC34CC5CC(C3)C(C5)C4)cc2F)C1. The summed E-state index contributed by atoms with van der Waals surface area (Å²) in [6.07, 6.45) is 8.95. The molecule has 6 heteroatoms. The van der Waals surface area contributed by atoms with Gasteiger partial charge in [0.25, 0.3) is 5.91 Å². The number of carbonyl (C=O) groups is 2. The normalized spacial score (nSPS) is 37.3. The van der Waals surface area contributed by atoms with Crippen molar-refractivity contribution in [2.75, 3.05) is 13.2 Å². The van der Waals surface area contributed by atoms with Gasteiger partial charge in [0, 0.05) is 18.0 Å². The van der Waals surface area contributed by atoms with Crippen LogP contribution in [-0.4, -0.2) is 41.1 Å². The number of carboxylic acid groups (broad SMARTS) is 1. The van der Waals surface area contributed by atoms with E-state index in [9.17, 15) is 14.7 Å². The zero-order chi connectivity index (χ0) is 22.2. The van der Waals surface area contributed by atoms with Crippen LogP contribution in [0.2, 0.25) is 0 Å². The molecule has 6 aliphatic rings. The number of benzene rings is 1. The van der Waals surface area contributed by atoms with Crippen molar-refractivity contribution in [3.8, 4) is 5.75 Å². The molecule has 1 heterocycles. The molecule has 0 spiro atoms. The molecule has 5 saturated carbocycles. The fourth-order valence-electron chi connectivity index (χ4n) is 7.62. The van der Waals surface area contributed by atoms with Gasteiger partial charge in [-0.05, 0) is 92.6 Å². The molecular formula is C26H32FNO4. The van der Waals surface area contributed by atoms with Crippen LogP contribution >= 0.6 is 0 Å². The lowest BCUT2D eigenvalue weighted by atomic mass is 9.70. The molecule has 1 aromatic carbocycles. The zero-order valence-corrected chi connectivity index (χ0v) is 18.7. The van der Waals surface area contributed by atoms with Crippen molar-refractivity contribution in [3.05, 3.63) is 29.1 Å². The first-order chi connectivity index (χ1) is 15.3. The average molecular weight is 442 g/mol. The third-order valence-corrected chi connectivity index (χ3v) is 8.99. The van der Waals surface area contributed by atoms with E-state index < -0.39 is 23.7 Å². The summed E-state index contributed by atoms with van der Waals surface area (Å²) in [5.41, 5.74) is 1.15. The number of likely N-dealkylation sites (tertiary alicyclic amines) is 1. The van der Waals surface area contributed by atoms with Crippen LogP contribution in [0, 0.1) is 34.9 Å². The third-order valence-electron chi connectivity index (χ3n) is 8.99. The van der Waals surface area contributed by atoms with E-state index in [2.05, 4.69) is 0 Å². The standard InChI is InChI=1S/C26H32FNO4/c1-14-4-22(25(30)31)28(12-14)24(29)20-7-19(16-2-3-16)23(8-21(20)27)32-13-26-9-15-5-17(10-26)18(6-15)11-26/h7-8,14-18,22H,2-6,9-13H2,1H3,(H,30,31)/t14-,15?,17?,18?,22-,26?/m0/s1. The molecule has 2 unspecified atom stereocenters. The Hall–Kier alpha value is -2.11. The van der Waals surface area contributed by atoms with E-state index >= 15 is 4.39 Å². The first-order valence-electron chi connectivity index (χ1n) is 12.3. The van der Waals surface area contributed by atoms with E-state index in [1.54, 1.807) is 6.07 Å². The van der Waals surface area contributed by atoms with Gasteiger partial charge in [-0.1, -0.05) is 6.92 Å². The van der Waals surface area contributed by atoms with Crippen LogP contribution in [0.25, 0.3) is 0 Å². The molecule has 5 aliphatic carbocycles. The van der Waals surface area contributed by atoms with Crippen LogP contribution in [0.4, 0.5) is 4.39 Å². The second-order valence-corrected chi connectivity index (χ2v) is 11.6. The smallest absolute Gasteiger partial charge is 0.326 e. The van der Waals surface area contributed by atoms with Crippen molar-refractivity contribution in [2.45, 2.75) is 70.3 Å². The Kier molecular flexibility index (Phi) is 4.61. The maximum absolute atomic E-state index is 15.2. The number of nitrogens with zero attached hydrogens (tertiary/aromatic N) is 1.